The number of rotatable bonds is 4. The zero-order valence-electron chi connectivity index (χ0n) is 11.0. The summed E-state index contributed by atoms with van der Waals surface area (Å²) in [7, 11) is 0. The topological polar surface area (TPSA) is 39.2 Å². The van der Waals surface area contributed by atoms with E-state index in [1.807, 2.05) is 0 Å². The van der Waals surface area contributed by atoms with Crippen molar-refractivity contribution in [2.24, 2.45) is 0 Å². The first-order chi connectivity index (χ1) is 9.65. The molecule has 0 fully saturated rings. The van der Waals surface area contributed by atoms with Gasteiger partial charge in [0.15, 0.2) is 5.69 Å². The summed E-state index contributed by atoms with van der Waals surface area (Å²) >= 11 is 1.47. The van der Waals surface area contributed by atoms with E-state index in [1.165, 1.54) is 36.4 Å². The molecule has 3 nitrogen and oxygen atoms in total. The third-order valence-electron chi connectivity index (χ3n) is 2.57. The number of hydrogen-bond donors (Lipinski definition) is 0. The van der Waals surface area contributed by atoms with Crippen molar-refractivity contribution >= 4 is 28.6 Å². The number of halogens is 6. The van der Waals surface area contributed by atoms with E-state index in [-0.39, 0.29) is 22.2 Å². The van der Waals surface area contributed by atoms with E-state index in [9.17, 15) is 26.7 Å². The largest absolute Gasteiger partial charge is 0.462 e. The minimum absolute atomic E-state index is 0.0300. The third kappa shape index (κ3) is 3.80. The van der Waals surface area contributed by atoms with Crippen molar-refractivity contribution in [3.05, 3.63) is 26.1 Å². The van der Waals surface area contributed by atoms with Crippen LogP contribution >= 0.6 is 22.6 Å². The van der Waals surface area contributed by atoms with Gasteiger partial charge in [0, 0.05) is 3.57 Å². The number of esters is 1. The second-order valence-corrected chi connectivity index (χ2v) is 4.96. The fourth-order valence-corrected chi connectivity index (χ4v) is 2.74. The first kappa shape index (κ1) is 18.1. The number of aromatic nitrogens is 1. The van der Waals surface area contributed by atoms with Crippen molar-refractivity contribution in [3.8, 4) is 0 Å². The number of carbonyl (C=O) groups excluding carboxylic acids is 1. The smallest absolute Gasteiger partial charge is 0.434 e. The maximum absolute atomic E-state index is 13.0. The first-order valence-electron chi connectivity index (χ1n) is 5.89. The summed E-state index contributed by atoms with van der Waals surface area (Å²) in [6.45, 7) is 2.77. The standard InChI is InChI=1S/C12H11F5INO2/c1-3-5-6(11(20)21-4-2)9(12(15,16)17)19-8(7(5)18)10(13)14/h10H,3-4H2,1-2H3. The van der Waals surface area contributed by atoms with Gasteiger partial charge in [-0.15, -0.1) is 0 Å². The van der Waals surface area contributed by atoms with Crippen LogP contribution in [0.5, 0.6) is 0 Å². The van der Waals surface area contributed by atoms with Crippen LogP contribution in [0.25, 0.3) is 0 Å². The van der Waals surface area contributed by atoms with Crippen LogP contribution in [0.2, 0.25) is 0 Å². The van der Waals surface area contributed by atoms with E-state index >= 15 is 0 Å². The molecule has 0 N–H and O–H groups in total. The Morgan fingerprint density at radius 2 is 1.90 bits per heavy atom. The van der Waals surface area contributed by atoms with Crippen LogP contribution < -0.4 is 0 Å². The lowest BCUT2D eigenvalue weighted by Crippen LogP contribution is -2.22. The maximum Gasteiger partial charge on any atom is 0.434 e. The Morgan fingerprint density at radius 3 is 2.29 bits per heavy atom. The number of carbonyl (C=O) groups is 1. The van der Waals surface area contributed by atoms with Gasteiger partial charge in [-0.05, 0) is 41.5 Å². The number of nitrogens with zero attached hydrogens (tertiary/aromatic N) is 1. The monoisotopic (exact) mass is 423 g/mol. The lowest BCUT2D eigenvalue weighted by molar-refractivity contribution is -0.142. The lowest BCUT2D eigenvalue weighted by atomic mass is 10.0. The van der Waals surface area contributed by atoms with Gasteiger partial charge in [-0.2, -0.15) is 13.2 Å². The zero-order valence-corrected chi connectivity index (χ0v) is 13.2. The molecule has 0 saturated carbocycles. The Balaban J connectivity index is 3.73. The van der Waals surface area contributed by atoms with Crippen LogP contribution in [0.1, 0.15) is 47.6 Å². The Kier molecular flexibility index (Phi) is 5.88. The summed E-state index contributed by atoms with van der Waals surface area (Å²) in [6, 6.07) is 0. The van der Waals surface area contributed by atoms with Crippen LogP contribution in [0.3, 0.4) is 0 Å². The van der Waals surface area contributed by atoms with Gasteiger partial charge in [0.2, 0.25) is 0 Å². The van der Waals surface area contributed by atoms with Gasteiger partial charge in [-0.1, -0.05) is 6.92 Å². The van der Waals surface area contributed by atoms with E-state index in [1.54, 1.807) is 0 Å². The van der Waals surface area contributed by atoms with Crippen molar-refractivity contribution in [2.75, 3.05) is 6.61 Å². The summed E-state index contributed by atoms with van der Waals surface area (Å²) in [5, 5.41) is 0. The predicted octanol–water partition coefficient (Wildman–Crippen LogP) is 4.38. The SMILES string of the molecule is CCOC(=O)c1c(C(F)(F)F)nc(C(F)F)c(I)c1CC. The molecule has 0 saturated heterocycles. The maximum atomic E-state index is 13.0. The molecule has 0 atom stereocenters. The number of pyridine rings is 1. The number of ether oxygens (including phenoxy) is 1. The van der Waals surface area contributed by atoms with Gasteiger partial charge < -0.3 is 4.74 Å². The molecule has 0 spiro atoms. The van der Waals surface area contributed by atoms with E-state index in [2.05, 4.69) is 9.72 Å². The molecular weight excluding hydrogens is 412 g/mol. The molecule has 21 heavy (non-hydrogen) atoms. The third-order valence-corrected chi connectivity index (χ3v) is 3.77. The van der Waals surface area contributed by atoms with Gasteiger partial charge in [0.1, 0.15) is 5.69 Å². The van der Waals surface area contributed by atoms with Gasteiger partial charge in [0.25, 0.3) is 6.43 Å². The second-order valence-electron chi connectivity index (χ2n) is 3.89. The molecule has 9 heteroatoms. The van der Waals surface area contributed by atoms with E-state index < -0.39 is 35.5 Å². The van der Waals surface area contributed by atoms with Gasteiger partial charge in [-0.3, -0.25) is 0 Å². The molecule has 1 aromatic rings. The quantitative estimate of drug-likeness (QED) is 0.410. The molecule has 0 amide bonds. The molecule has 0 aliphatic rings. The van der Waals surface area contributed by atoms with Crippen LogP contribution in [-0.4, -0.2) is 17.6 Å². The molecule has 0 aliphatic carbocycles. The molecular formula is C12H11F5INO2. The van der Waals surface area contributed by atoms with Crippen molar-refractivity contribution < 1.29 is 31.5 Å². The van der Waals surface area contributed by atoms with Crippen molar-refractivity contribution in [2.45, 2.75) is 32.9 Å². The molecule has 0 aliphatic heterocycles. The van der Waals surface area contributed by atoms with Gasteiger partial charge >= 0.3 is 12.1 Å². The zero-order chi connectivity index (χ0) is 16.4. The Morgan fingerprint density at radius 1 is 1.33 bits per heavy atom. The average Bonchev–Trinajstić information content (AvgIpc) is 2.36. The van der Waals surface area contributed by atoms with E-state index in [0.29, 0.717) is 0 Å². The summed E-state index contributed by atoms with van der Waals surface area (Å²) in [5.74, 6) is -1.21. The lowest BCUT2D eigenvalue weighted by Gasteiger charge is -2.18. The second kappa shape index (κ2) is 6.84. The summed E-state index contributed by atoms with van der Waals surface area (Å²) in [6.07, 6.45) is -8.22. The van der Waals surface area contributed by atoms with Crippen molar-refractivity contribution in [3.63, 3.8) is 0 Å². The number of alkyl halides is 5. The number of hydrogen-bond acceptors (Lipinski definition) is 3. The van der Waals surface area contributed by atoms with Gasteiger partial charge in [0.05, 0.1) is 12.2 Å². The van der Waals surface area contributed by atoms with Gasteiger partial charge in [-0.25, -0.2) is 18.6 Å². The molecule has 0 aromatic carbocycles. The Labute approximate surface area is 131 Å². The summed E-state index contributed by atoms with van der Waals surface area (Å²) < 4.78 is 69.2. The highest BCUT2D eigenvalue weighted by Gasteiger charge is 2.41. The van der Waals surface area contributed by atoms with Crippen LogP contribution in [0.15, 0.2) is 0 Å². The molecule has 0 unspecified atom stereocenters. The highest BCUT2D eigenvalue weighted by Crippen LogP contribution is 2.37. The molecule has 0 bridgehead atoms. The summed E-state index contributed by atoms with van der Waals surface area (Å²) in [4.78, 5) is 14.7. The normalized spacial score (nSPS) is 11.9. The fourth-order valence-electron chi connectivity index (χ4n) is 1.74. The van der Waals surface area contributed by atoms with E-state index in [4.69, 9.17) is 0 Å². The van der Waals surface area contributed by atoms with Crippen LogP contribution in [0, 0.1) is 3.57 Å². The molecule has 1 aromatic heterocycles. The van der Waals surface area contributed by atoms with Crippen molar-refractivity contribution in [1.29, 1.82) is 0 Å². The Hall–Kier alpha value is -1.00. The Bertz CT molecular complexity index is 545. The highest BCUT2D eigenvalue weighted by molar-refractivity contribution is 14.1. The summed E-state index contributed by atoms with van der Waals surface area (Å²) in [5.41, 5.74) is -3.53. The van der Waals surface area contributed by atoms with Crippen LogP contribution in [0.4, 0.5) is 22.0 Å². The predicted molar refractivity (Wildman–Crippen MR) is 72.2 cm³/mol. The average molecular weight is 423 g/mol. The molecule has 1 heterocycles. The van der Waals surface area contributed by atoms with E-state index in [0.717, 1.165) is 0 Å². The minimum atomic E-state index is -5.03. The minimum Gasteiger partial charge on any atom is -0.462 e. The molecule has 1 rings (SSSR count). The highest BCUT2D eigenvalue weighted by atomic mass is 127. The van der Waals surface area contributed by atoms with Crippen molar-refractivity contribution in [1.82, 2.24) is 4.98 Å². The van der Waals surface area contributed by atoms with Crippen LogP contribution in [-0.2, 0) is 17.3 Å². The fraction of sp³-hybridized carbons (Fsp3) is 0.500. The molecule has 0 radical (unpaired) electrons. The molecule has 118 valence electrons. The first-order valence-corrected chi connectivity index (χ1v) is 6.97.